The number of aryl methyl sites for hydroxylation is 1. The van der Waals surface area contributed by atoms with Crippen molar-refractivity contribution in [2.24, 2.45) is 0 Å². The minimum Gasteiger partial charge on any atom is -0.321 e. The zero-order valence-electron chi connectivity index (χ0n) is 13.8. The van der Waals surface area contributed by atoms with Gasteiger partial charge in [0.15, 0.2) is 0 Å². The van der Waals surface area contributed by atoms with Gasteiger partial charge in [0.2, 0.25) is 10.0 Å². The number of nitrogens with zero attached hydrogens (tertiary/aromatic N) is 1. The maximum atomic E-state index is 12.5. The van der Waals surface area contributed by atoms with Gasteiger partial charge in [-0.2, -0.15) is 0 Å². The number of aromatic nitrogens is 1. The van der Waals surface area contributed by atoms with Crippen LogP contribution in [0.25, 0.3) is 10.9 Å². The van der Waals surface area contributed by atoms with E-state index in [1.165, 1.54) is 6.07 Å². The molecule has 7 heteroatoms. The second-order valence-corrected chi connectivity index (χ2v) is 7.52. The third-order valence-corrected chi connectivity index (χ3v) is 4.23. The highest BCUT2D eigenvalue weighted by Gasteiger charge is 2.11. The van der Waals surface area contributed by atoms with E-state index < -0.39 is 10.0 Å². The average molecular weight is 355 g/mol. The Bertz CT molecular complexity index is 1060. The molecule has 2 N–H and O–H groups in total. The van der Waals surface area contributed by atoms with Gasteiger partial charge in [-0.05, 0) is 36.8 Å². The monoisotopic (exact) mass is 355 g/mol. The molecule has 3 aromatic rings. The number of para-hydroxylation sites is 1. The van der Waals surface area contributed by atoms with Crippen LogP contribution in [0.3, 0.4) is 0 Å². The number of sulfonamides is 1. The van der Waals surface area contributed by atoms with E-state index in [1.807, 2.05) is 30.3 Å². The van der Waals surface area contributed by atoms with Crippen LogP contribution < -0.4 is 10.0 Å². The van der Waals surface area contributed by atoms with Crippen LogP contribution >= 0.6 is 0 Å². The van der Waals surface area contributed by atoms with Crippen LogP contribution in [0.1, 0.15) is 15.9 Å². The number of hydrogen-bond acceptors (Lipinski definition) is 4. The summed E-state index contributed by atoms with van der Waals surface area (Å²) in [5, 5.41) is 3.70. The summed E-state index contributed by atoms with van der Waals surface area (Å²) in [5.41, 5.74) is 2.88. The van der Waals surface area contributed by atoms with Crippen molar-refractivity contribution in [3.05, 3.63) is 65.9 Å². The van der Waals surface area contributed by atoms with Crippen LogP contribution in [-0.4, -0.2) is 25.6 Å². The number of fused-ring (bicyclic) bond motifs is 1. The second kappa shape index (κ2) is 6.52. The molecule has 0 unspecified atom stereocenters. The second-order valence-electron chi connectivity index (χ2n) is 5.77. The first-order valence-electron chi connectivity index (χ1n) is 7.56. The number of amides is 1. The summed E-state index contributed by atoms with van der Waals surface area (Å²) in [5.74, 6) is -0.339. The Kier molecular flexibility index (Phi) is 4.41. The lowest BCUT2D eigenvalue weighted by Gasteiger charge is -2.11. The molecule has 128 valence electrons. The van der Waals surface area contributed by atoms with Crippen molar-refractivity contribution in [2.75, 3.05) is 16.3 Å². The van der Waals surface area contributed by atoms with Gasteiger partial charge in [-0.3, -0.25) is 14.5 Å². The van der Waals surface area contributed by atoms with E-state index in [1.54, 1.807) is 25.3 Å². The molecule has 0 aliphatic heterocycles. The van der Waals surface area contributed by atoms with Crippen molar-refractivity contribution in [1.29, 1.82) is 0 Å². The van der Waals surface area contributed by atoms with E-state index in [0.717, 1.165) is 22.7 Å². The number of nitrogens with one attached hydrogen (secondary N) is 2. The zero-order chi connectivity index (χ0) is 18.0. The summed E-state index contributed by atoms with van der Waals surface area (Å²) in [7, 11) is -3.42. The molecule has 6 nitrogen and oxygen atoms in total. The maximum Gasteiger partial charge on any atom is 0.255 e. The van der Waals surface area contributed by atoms with Crippen molar-refractivity contribution >= 4 is 38.2 Å². The number of pyridine rings is 1. The van der Waals surface area contributed by atoms with Crippen LogP contribution in [0, 0.1) is 6.92 Å². The van der Waals surface area contributed by atoms with Gasteiger partial charge in [-0.25, -0.2) is 8.42 Å². The molecule has 0 aliphatic rings. The molecule has 0 bridgehead atoms. The fourth-order valence-electron chi connectivity index (χ4n) is 2.42. The summed E-state index contributed by atoms with van der Waals surface area (Å²) in [6.45, 7) is 1.77. The fourth-order valence-corrected chi connectivity index (χ4v) is 3.03. The number of carbonyl (C=O) groups excluding carboxylic acids is 1. The van der Waals surface area contributed by atoms with Crippen LogP contribution in [0.2, 0.25) is 0 Å². The Hall–Kier alpha value is -2.93. The summed E-state index contributed by atoms with van der Waals surface area (Å²) in [6, 6.07) is 14.3. The van der Waals surface area contributed by atoms with Crippen LogP contribution in [0.5, 0.6) is 0 Å². The van der Waals surface area contributed by atoms with Crippen molar-refractivity contribution in [2.45, 2.75) is 6.92 Å². The minimum absolute atomic E-state index is 0.339. The van der Waals surface area contributed by atoms with E-state index in [0.29, 0.717) is 16.9 Å². The van der Waals surface area contributed by atoms with E-state index >= 15 is 0 Å². The lowest BCUT2D eigenvalue weighted by atomic mass is 10.1. The molecular weight excluding hydrogens is 338 g/mol. The first-order valence-corrected chi connectivity index (χ1v) is 9.45. The quantitative estimate of drug-likeness (QED) is 0.752. The predicted octanol–water partition coefficient (Wildman–Crippen LogP) is 3.17. The third-order valence-electron chi connectivity index (χ3n) is 3.64. The van der Waals surface area contributed by atoms with Gasteiger partial charge in [0, 0.05) is 10.9 Å². The van der Waals surface area contributed by atoms with E-state index in [2.05, 4.69) is 15.0 Å². The highest BCUT2D eigenvalue weighted by Crippen LogP contribution is 2.20. The number of rotatable bonds is 4. The lowest BCUT2D eigenvalue weighted by Crippen LogP contribution is -2.14. The normalized spacial score (nSPS) is 11.3. The van der Waals surface area contributed by atoms with E-state index in [4.69, 9.17) is 0 Å². The van der Waals surface area contributed by atoms with Crippen molar-refractivity contribution in [1.82, 2.24) is 4.98 Å². The molecule has 1 heterocycles. The van der Waals surface area contributed by atoms with Crippen LogP contribution in [0.4, 0.5) is 11.4 Å². The van der Waals surface area contributed by atoms with Gasteiger partial charge >= 0.3 is 0 Å². The molecule has 1 amide bonds. The molecule has 0 atom stereocenters. The Labute approximate surface area is 146 Å². The van der Waals surface area contributed by atoms with Crippen LogP contribution in [-0.2, 0) is 10.0 Å². The smallest absolute Gasteiger partial charge is 0.255 e. The summed E-state index contributed by atoms with van der Waals surface area (Å²) >= 11 is 0. The first kappa shape index (κ1) is 16.9. The third kappa shape index (κ3) is 4.13. The zero-order valence-corrected chi connectivity index (χ0v) is 14.6. The molecule has 3 rings (SSSR count). The van der Waals surface area contributed by atoms with E-state index in [-0.39, 0.29) is 5.91 Å². The maximum absolute atomic E-state index is 12.5. The predicted molar refractivity (Wildman–Crippen MR) is 99.3 cm³/mol. The molecule has 25 heavy (non-hydrogen) atoms. The number of benzene rings is 2. The highest BCUT2D eigenvalue weighted by molar-refractivity contribution is 7.92. The standard InChI is InChI=1S/C18H17N3O3S/c1-12-7-8-14(10-17(12)21-25(2,23)24)18(22)20-15-9-13-5-3-4-6-16(13)19-11-15/h3-11,21H,1-2H3,(H,20,22). The number of carbonyl (C=O) groups is 1. The van der Waals surface area contributed by atoms with Gasteiger partial charge in [-0.15, -0.1) is 0 Å². The molecule has 0 aliphatic carbocycles. The highest BCUT2D eigenvalue weighted by atomic mass is 32.2. The van der Waals surface area contributed by atoms with Crippen molar-refractivity contribution in [3.8, 4) is 0 Å². The fraction of sp³-hybridized carbons (Fsp3) is 0.111. The van der Waals surface area contributed by atoms with Crippen LogP contribution in [0.15, 0.2) is 54.7 Å². The summed E-state index contributed by atoms with van der Waals surface area (Å²) in [6.07, 6.45) is 2.66. The molecule has 2 aromatic carbocycles. The summed E-state index contributed by atoms with van der Waals surface area (Å²) < 4.78 is 25.3. The van der Waals surface area contributed by atoms with Gasteiger partial charge in [0.1, 0.15) is 0 Å². The van der Waals surface area contributed by atoms with Gasteiger partial charge in [0.05, 0.1) is 29.3 Å². The van der Waals surface area contributed by atoms with Gasteiger partial charge < -0.3 is 5.32 Å². The number of anilines is 2. The molecule has 0 fully saturated rings. The molecule has 1 aromatic heterocycles. The van der Waals surface area contributed by atoms with Gasteiger partial charge in [-0.1, -0.05) is 24.3 Å². The number of hydrogen-bond donors (Lipinski definition) is 2. The minimum atomic E-state index is -3.42. The Morgan fingerprint density at radius 3 is 2.60 bits per heavy atom. The van der Waals surface area contributed by atoms with Crippen molar-refractivity contribution < 1.29 is 13.2 Å². The molecule has 0 saturated heterocycles. The Morgan fingerprint density at radius 2 is 1.84 bits per heavy atom. The topological polar surface area (TPSA) is 88.2 Å². The van der Waals surface area contributed by atoms with Crippen molar-refractivity contribution in [3.63, 3.8) is 0 Å². The van der Waals surface area contributed by atoms with Gasteiger partial charge in [0.25, 0.3) is 5.91 Å². The SMILES string of the molecule is Cc1ccc(C(=O)Nc2cnc3ccccc3c2)cc1NS(C)(=O)=O. The molecule has 0 radical (unpaired) electrons. The average Bonchev–Trinajstić information content (AvgIpc) is 2.55. The first-order chi connectivity index (χ1) is 11.8. The molecule has 0 spiro atoms. The summed E-state index contributed by atoms with van der Waals surface area (Å²) in [4.78, 5) is 16.8. The Morgan fingerprint density at radius 1 is 1.08 bits per heavy atom. The Balaban J connectivity index is 1.86. The molecular formula is C18H17N3O3S. The molecule has 0 saturated carbocycles. The largest absolute Gasteiger partial charge is 0.321 e. The van der Waals surface area contributed by atoms with E-state index in [9.17, 15) is 13.2 Å². The lowest BCUT2D eigenvalue weighted by molar-refractivity contribution is 0.102.